The molecule has 0 aliphatic heterocycles. The summed E-state index contributed by atoms with van der Waals surface area (Å²) in [5.41, 5.74) is -0.980. The molecule has 5 nitrogen and oxygen atoms in total. The third kappa shape index (κ3) is 2.98. The molecule has 1 aromatic rings. The summed E-state index contributed by atoms with van der Waals surface area (Å²) in [6.07, 6.45) is -0.516. The predicted octanol–water partition coefficient (Wildman–Crippen LogP) is 1.52. The van der Waals surface area contributed by atoms with Crippen LogP contribution < -0.4 is 5.32 Å². The molecule has 0 heterocycles. The number of nitrogens with one attached hydrogen (secondary N) is 1. The summed E-state index contributed by atoms with van der Waals surface area (Å²) >= 11 is 0. The summed E-state index contributed by atoms with van der Waals surface area (Å²) in [5, 5.41) is 19.0. The summed E-state index contributed by atoms with van der Waals surface area (Å²) in [7, 11) is 0. The number of amides is 1. The first-order valence-electron chi connectivity index (χ1n) is 4.35. The van der Waals surface area contributed by atoms with E-state index in [0.717, 1.165) is 0 Å². The number of aromatic carboxylic acids is 1. The fraction of sp³-hybridized carbons (Fsp3) is 0.100. The number of hydrogen-bond donors (Lipinski definition) is 2. The third-order valence-electron chi connectivity index (χ3n) is 1.80. The Balaban J connectivity index is 3.14. The molecule has 0 unspecified atom stereocenters. The summed E-state index contributed by atoms with van der Waals surface area (Å²) in [5.74, 6) is -4.94. The molecular formula is C10H6F2N2O3. The van der Waals surface area contributed by atoms with Crippen molar-refractivity contribution in [3.63, 3.8) is 0 Å². The molecule has 1 rings (SSSR count). The minimum atomic E-state index is -1.52. The van der Waals surface area contributed by atoms with Crippen molar-refractivity contribution in [1.29, 1.82) is 5.26 Å². The minimum Gasteiger partial charge on any atom is -0.478 e. The molecule has 0 atom stereocenters. The standard InChI is InChI=1S/C10H6F2N2O3/c11-6-3-5(10(16)17)8(4-7(6)12)14-9(15)1-2-13/h3-4H,1H2,(H,14,15)(H,16,17). The van der Waals surface area contributed by atoms with Crippen LogP contribution in [0.25, 0.3) is 0 Å². The van der Waals surface area contributed by atoms with Crippen LogP contribution in [0.4, 0.5) is 14.5 Å². The quantitative estimate of drug-likeness (QED) is 0.837. The largest absolute Gasteiger partial charge is 0.478 e. The maximum atomic E-state index is 12.9. The Kier molecular flexibility index (Phi) is 3.72. The second kappa shape index (κ2) is 5.03. The Morgan fingerprint density at radius 3 is 2.47 bits per heavy atom. The average Bonchev–Trinajstić information content (AvgIpc) is 2.23. The first-order valence-corrected chi connectivity index (χ1v) is 4.35. The zero-order valence-electron chi connectivity index (χ0n) is 8.33. The van der Waals surface area contributed by atoms with Crippen LogP contribution in [0.15, 0.2) is 12.1 Å². The molecule has 0 saturated carbocycles. The molecule has 0 aromatic heterocycles. The monoisotopic (exact) mass is 240 g/mol. The number of rotatable bonds is 3. The van der Waals surface area contributed by atoms with E-state index in [1.54, 1.807) is 0 Å². The van der Waals surface area contributed by atoms with Gasteiger partial charge >= 0.3 is 5.97 Å². The zero-order chi connectivity index (χ0) is 13.0. The molecule has 88 valence electrons. The molecule has 0 spiro atoms. The molecule has 0 aliphatic rings. The second-order valence-corrected chi connectivity index (χ2v) is 3.00. The number of nitriles is 1. The summed E-state index contributed by atoms with van der Waals surface area (Å²) in [4.78, 5) is 21.8. The van der Waals surface area contributed by atoms with Gasteiger partial charge in [0.1, 0.15) is 6.42 Å². The van der Waals surface area contributed by atoms with Crippen LogP contribution in [0.3, 0.4) is 0 Å². The Morgan fingerprint density at radius 1 is 1.35 bits per heavy atom. The van der Waals surface area contributed by atoms with E-state index in [0.29, 0.717) is 12.1 Å². The van der Waals surface area contributed by atoms with Gasteiger partial charge < -0.3 is 10.4 Å². The van der Waals surface area contributed by atoms with E-state index < -0.39 is 41.2 Å². The minimum absolute atomic E-state index is 0.392. The van der Waals surface area contributed by atoms with Crippen molar-refractivity contribution in [1.82, 2.24) is 0 Å². The molecule has 7 heteroatoms. The molecule has 0 radical (unpaired) electrons. The Hall–Kier alpha value is -2.49. The van der Waals surface area contributed by atoms with Crippen LogP contribution in [0.1, 0.15) is 16.8 Å². The van der Waals surface area contributed by atoms with Gasteiger partial charge in [-0.2, -0.15) is 5.26 Å². The van der Waals surface area contributed by atoms with Crippen molar-refractivity contribution >= 4 is 17.6 Å². The number of hydrogen-bond acceptors (Lipinski definition) is 3. The fourth-order valence-corrected chi connectivity index (χ4v) is 1.09. The van der Waals surface area contributed by atoms with Crippen molar-refractivity contribution in [2.75, 3.05) is 5.32 Å². The number of halogens is 2. The second-order valence-electron chi connectivity index (χ2n) is 3.00. The first kappa shape index (κ1) is 12.6. The maximum Gasteiger partial charge on any atom is 0.337 e. The Morgan fingerprint density at radius 2 is 1.94 bits per heavy atom. The van der Waals surface area contributed by atoms with Gasteiger partial charge in [-0.25, -0.2) is 13.6 Å². The van der Waals surface area contributed by atoms with Crippen LogP contribution >= 0.6 is 0 Å². The van der Waals surface area contributed by atoms with E-state index in [4.69, 9.17) is 10.4 Å². The van der Waals surface area contributed by atoms with Crippen LogP contribution in [0.5, 0.6) is 0 Å². The highest BCUT2D eigenvalue weighted by Crippen LogP contribution is 2.20. The number of carboxylic acid groups (broad SMARTS) is 1. The van der Waals surface area contributed by atoms with E-state index in [2.05, 4.69) is 0 Å². The van der Waals surface area contributed by atoms with E-state index in [9.17, 15) is 18.4 Å². The zero-order valence-corrected chi connectivity index (χ0v) is 8.33. The Labute approximate surface area is 94.3 Å². The molecule has 2 N–H and O–H groups in total. The molecule has 17 heavy (non-hydrogen) atoms. The number of carboxylic acids is 1. The van der Waals surface area contributed by atoms with E-state index >= 15 is 0 Å². The van der Waals surface area contributed by atoms with Gasteiger partial charge in [-0.1, -0.05) is 0 Å². The third-order valence-corrected chi connectivity index (χ3v) is 1.80. The van der Waals surface area contributed by atoms with Crippen LogP contribution in [-0.4, -0.2) is 17.0 Å². The van der Waals surface area contributed by atoms with Gasteiger partial charge in [0.15, 0.2) is 11.6 Å². The molecule has 0 bridgehead atoms. The van der Waals surface area contributed by atoms with E-state index in [1.807, 2.05) is 5.32 Å². The van der Waals surface area contributed by atoms with E-state index in [1.165, 1.54) is 6.07 Å². The average molecular weight is 240 g/mol. The molecule has 0 saturated heterocycles. The lowest BCUT2D eigenvalue weighted by Crippen LogP contribution is -2.14. The van der Waals surface area contributed by atoms with Crippen molar-refractivity contribution in [3.8, 4) is 6.07 Å². The highest BCUT2D eigenvalue weighted by atomic mass is 19.2. The molecule has 0 fully saturated rings. The topological polar surface area (TPSA) is 90.2 Å². The summed E-state index contributed by atoms with van der Waals surface area (Å²) in [6.45, 7) is 0. The first-order chi connectivity index (χ1) is 7.95. The SMILES string of the molecule is N#CCC(=O)Nc1cc(F)c(F)cc1C(=O)O. The normalized spacial score (nSPS) is 9.47. The maximum absolute atomic E-state index is 12.9. The van der Waals surface area contributed by atoms with Crippen LogP contribution in [0, 0.1) is 23.0 Å². The lowest BCUT2D eigenvalue weighted by atomic mass is 10.1. The number of nitrogens with zero attached hydrogens (tertiary/aromatic N) is 1. The van der Waals surface area contributed by atoms with Gasteiger partial charge in [0, 0.05) is 6.07 Å². The molecule has 0 aliphatic carbocycles. The molecular weight excluding hydrogens is 234 g/mol. The van der Waals surface area contributed by atoms with Crippen molar-refractivity contribution in [3.05, 3.63) is 29.3 Å². The lowest BCUT2D eigenvalue weighted by molar-refractivity contribution is -0.115. The van der Waals surface area contributed by atoms with Gasteiger partial charge in [0.05, 0.1) is 17.3 Å². The van der Waals surface area contributed by atoms with Gasteiger partial charge in [-0.05, 0) is 6.07 Å². The van der Waals surface area contributed by atoms with Gasteiger partial charge in [0.25, 0.3) is 0 Å². The number of carbonyl (C=O) groups is 2. The van der Waals surface area contributed by atoms with Crippen LogP contribution in [0.2, 0.25) is 0 Å². The number of carbonyl (C=O) groups excluding carboxylic acids is 1. The van der Waals surface area contributed by atoms with Crippen molar-refractivity contribution in [2.24, 2.45) is 0 Å². The number of anilines is 1. The van der Waals surface area contributed by atoms with E-state index in [-0.39, 0.29) is 0 Å². The molecule has 1 amide bonds. The molecule has 1 aromatic carbocycles. The van der Waals surface area contributed by atoms with Gasteiger partial charge in [-0.15, -0.1) is 0 Å². The van der Waals surface area contributed by atoms with Gasteiger partial charge in [-0.3, -0.25) is 4.79 Å². The summed E-state index contributed by atoms with van der Waals surface area (Å²) < 4.78 is 25.7. The predicted molar refractivity (Wildman–Crippen MR) is 52.2 cm³/mol. The lowest BCUT2D eigenvalue weighted by Gasteiger charge is -2.07. The summed E-state index contributed by atoms with van der Waals surface area (Å²) in [6, 6.07) is 2.54. The van der Waals surface area contributed by atoms with Crippen LogP contribution in [-0.2, 0) is 4.79 Å². The Bertz CT molecular complexity index is 523. The fourth-order valence-electron chi connectivity index (χ4n) is 1.09. The number of benzene rings is 1. The highest BCUT2D eigenvalue weighted by molar-refractivity contribution is 6.00. The van der Waals surface area contributed by atoms with Crippen molar-refractivity contribution in [2.45, 2.75) is 6.42 Å². The van der Waals surface area contributed by atoms with Crippen molar-refractivity contribution < 1.29 is 23.5 Å². The highest BCUT2D eigenvalue weighted by Gasteiger charge is 2.16. The van der Waals surface area contributed by atoms with Gasteiger partial charge in [0.2, 0.25) is 5.91 Å². The smallest absolute Gasteiger partial charge is 0.337 e.